The number of carboxylic acids is 1. The summed E-state index contributed by atoms with van der Waals surface area (Å²) in [6, 6.07) is 8.26. The van der Waals surface area contributed by atoms with Crippen molar-refractivity contribution in [2.24, 2.45) is 0 Å². The van der Waals surface area contributed by atoms with Gasteiger partial charge in [0.15, 0.2) is 11.6 Å². The van der Waals surface area contributed by atoms with Gasteiger partial charge in [-0.25, -0.2) is 9.18 Å². The molecular weight excluding hydrogens is 263 g/mol. The molecule has 0 unspecified atom stereocenters. The lowest BCUT2D eigenvalue weighted by Crippen LogP contribution is -2.07. The molecule has 0 aliphatic carbocycles. The molecule has 2 rings (SSSR count). The molecule has 0 atom stereocenters. The Labute approximate surface area is 115 Å². The molecule has 4 nitrogen and oxygen atoms in total. The first-order valence-corrected chi connectivity index (χ1v) is 6.21. The Hall–Kier alpha value is -2.14. The summed E-state index contributed by atoms with van der Waals surface area (Å²) in [6.07, 6.45) is 0.599. The first-order chi connectivity index (χ1) is 9.65. The van der Waals surface area contributed by atoms with E-state index in [-0.39, 0.29) is 17.9 Å². The summed E-state index contributed by atoms with van der Waals surface area (Å²) in [6.45, 7) is 0.760. The van der Waals surface area contributed by atoms with Gasteiger partial charge in [-0.2, -0.15) is 0 Å². The van der Waals surface area contributed by atoms with Crippen LogP contribution in [0.2, 0.25) is 0 Å². The van der Waals surface area contributed by atoms with Crippen LogP contribution < -0.4 is 4.74 Å². The maximum atomic E-state index is 14.2. The highest BCUT2D eigenvalue weighted by atomic mass is 19.1. The van der Waals surface area contributed by atoms with E-state index in [2.05, 4.69) is 0 Å². The van der Waals surface area contributed by atoms with E-state index in [0.717, 1.165) is 0 Å². The predicted octanol–water partition coefficient (Wildman–Crippen LogP) is 3.09. The molecule has 20 heavy (non-hydrogen) atoms. The molecule has 5 heteroatoms. The smallest absolute Gasteiger partial charge is 0.338 e. The Morgan fingerprint density at radius 2 is 2.05 bits per heavy atom. The van der Waals surface area contributed by atoms with Gasteiger partial charge in [-0.05, 0) is 11.5 Å². The Balaban J connectivity index is 2.43. The van der Waals surface area contributed by atoms with Gasteiger partial charge in [-0.3, -0.25) is 0 Å². The van der Waals surface area contributed by atoms with Crippen molar-refractivity contribution in [1.29, 1.82) is 0 Å². The van der Waals surface area contributed by atoms with Crippen LogP contribution in [0.3, 0.4) is 0 Å². The number of hydrogen-bond donors (Lipinski definition) is 1. The Bertz CT molecular complexity index is 625. The second-order valence-electron chi connectivity index (χ2n) is 4.29. The second kappa shape index (κ2) is 6.34. The lowest BCUT2D eigenvalue weighted by molar-refractivity contribution is 0.0691. The third-order valence-corrected chi connectivity index (χ3v) is 2.91. The fraction of sp³-hybridized carbons (Fsp3) is 0.267. The molecule has 1 N–H and O–H groups in total. The van der Waals surface area contributed by atoms with E-state index in [4.69, 9.17) is 14.6 Å². The SMILES string of the molecule is COCCCOc1c(F)c(C(=O)O)cc2ccccc12. The van der Waals surface area contributed by atoms with Crippen molar-refractivity contribution in [2.45, 2.75) is 6.42 Å². The van der Waals surface area contributed by atoms with Crippen LogP contribution in [-0.2, 0) is 4.74 Å². The number of carboxylic acid groups (broad SMARTS) is 1. The highest BCUT2D eigenvalue weighted by molar-refractivity contribution is 5.98. The van der Waals surface area contributed by atoms with Gasteiger partial charge in [-0.15, -0.1) is 0 Å². The zero-order valence-electron chi connectivity index (χ0n) is 11.1. The summed E-state index contributed by atoms with van der Waals surface area (Å²) in [5, 5.41) is 10.2. The van der Waals surface area contributed by atoms with Crippen molar-refractivity contribution in [3.8, 4) is 5.75 Å². The molecule has 0 amide bonds. The van der Waals surface area contributed by atoms with E-state index in [1.165, 1.54) is 6.07 Å². The van der Waals surface area contributed by atoms with E-state index in [1.807, 2.05) is 0 Å². The highest BCUT2D eigenvalue weighted by Gasteiger charge is 2.19. The van der Waals surface area contributed by atoms with Crippen molar-refractivity contribution in [3.05, 3.63) is 41.7 Å². The van der Waals surface area contributed by atoms with Crippen LogP contribution >= 0.6 is 0 Å². The number of ether oxygens (including phenoxy) is 2. The maximum absolute atomic E-state index is 14.2. The minimum atomic E-state index is -1.31. The van der Waals surface area contributed by atoms with Crippen molar-refractivity contribution >= 4 is 16.7 Å². The lowest BCUT2D eigenvalue weighted by atomic mass is 10.0. The zero-order chi connectivity index (χ0) is 14.5. The Kier molecular flexibility index (Phi) is 4.53. The average Bonchev–Trinajstić information content (AvgIpc) is 2.44. The normalized spacial score (nSPS) is 10.7. The largest absolute Gasteiger partial charge is 0.490 e. The summed E-state index contributed by atoms with van der Waals surface area (Å²) < 4.78 is 24.5. The first kappa shape index (κ1) is 14.3. The van der Waals surface area contributed by atoms with Crippen LogP contribution in [0.1, 0.15) is 16.8 Å². The van der Waals surface area contributed by atoms with Crippen molar-refractivity contribution in [2.75, 3.05) is 20.3 Å². The number of halogens is 1. The van der Waals surface area contributed by atoms with E-state index in [1.54, 1.807) is 31.4 Å². The number of carbonyl (C=O) groups is 1. The van der Waals surface area contributed by atoms with E-state index < -0.39 is 11.8 Å². The van der Waals surface area contributed by atoms with Gasteiger partial charge in [0.2, 0.25) is 0 Å². The van der Waals surface area contributed by atoms with Gasteiger partial charge >= 0.3 is 5.97 Å². The third-order valence-electron chi connectivity index (χ3n) is 2.91. The van der Waals surface area contributed by atoms with Crippen molar-refractivity contribution < 1.29 is 23.8 Å². The minimum Gasteiger partial charge on any atom is -0.490 e. The number of rotatable bonds is 6. The molecule has 0 saturated heterocycles. The summed E-state index contributed by atoms with van der Waals surface area (Å²) in [5.74, 6) is -2.17. The molecule has 106 valence electrons. The number of methoxy groups -OCH3 is 1. The van der Waals surface area contributed by atoms with Gasteiger partial charge in [0.05, 0.1) is 12.2 Å². The van der Waals surface area contributed by atoms with Crippen LogP contribution in [0.5, 0.6) is 5.75 Å². The van der Waals surface area contributed by atoms with Crippen LogP contribution in [0.15, 0.2) is 30.3 Å². The summed E-state index contributed by atoms with van der Waals surface area (Å²) in [7, 11) is 1.57. The fourth-order valence-electron chi connectivity index (χ4n) is 1.96. The van der Waals surface area contributed by atoms with Crippen LogP contribution in [-0.4, -0.2) is 31.4 Å². The quantitative estimate of drug-likeness (QED) is 0.825. The minimum absolute atomic E-state index is 0.0170. The van der Waals surface area contributed by atoms with E-state index >= 15 is 0 Å². The van der Waals surface area contributed by atoms with Crippen LogP contribution in [0.25, 0.3) is 10.8 Å². The third kappa shape index (κ3) is 2.88. The monoisotopic (exact) mass is 278 g/mol. The van der Waals surface area contributed by atoms with Crippen LogP contribution in [0, 0.1) is 5.82 Å². The molecule has 0 bridgehead atoms. The van der Waals surface area contributed by atoms with Crippen molar-refractivity contribution in [1.82, 2.24) is 0 Å². The zero-order valence-corrected chi connectivity index (χ0v) is 11.1. The number of aromatic carboxylic acids is 1. The average molecular weight is 278 g/mol. The number of benzene rings is 2. The predicted molar refractivity (Wildman–Crippen MR) is 72.9 cm³/mol. The van der Waals surface area contributed by atoms with Crippen LogP contribution in [0.4, 0.5) is 4.39 Å². The molecule has 0 aromatic heterocycles. The Morgan fingerprint density at radius 3 is 2.75 bits per heavy atom. The lowest BCUT2D eigenvalue weighted by Gasteiger charge is -2.12. The number of fused-ring (bicyclic) bond motifs is 1. The molecule has 0 aliphatic heterocycles. The molecule has 0 saturated carbocycles. The molecule has 0 heterocycles. The molecule has 0 aliphatic rings. The topological polar surface area (TPSA) is 55.8 Å². The fourth-order valence-corrected chi connectivity index (χ4v) is 1.96. The number of hydrogen-bond acceptors (Lipinski definition) is 3. The van der Waals surface area contributed by atoms with Gasteiger partial charge in [0.1, 0.15) is 0 Å². The highest BCUT2D eigenvalue weighted by Crippen LogP contribution is 2.31. The standard InChI is InChI=1S/C15H15FO4/c1-19-7-4-8-20-14-11-6-3-2-5-10(11)9-12(13(14)16)15(17)18/h2-3,5-6,9H,4,7-8H2,1H3,(H,17,18). The van der Waals surface area contributed by atoms with Gasteiger partial charge in [0, 0.05) is 25.5 Å². The van der Waals surface area contributed by atoms with E-state index in [9.17, 15) is 9.18 Å². The maximum Gasteiger partial charge on any atom is 0.338 e. The molecule has 0 fully saturated rings. The first-order valence-electron chi connectivity index (χ1n) is 6.21. The molecular formula is C15H15FO4. The van der Waals surface area contributed by atoms with Crippen molar-refractivity contribution in [3.63, 3.8) is 0 Å². The molecule has 0 spiro atoms. The van der Waals surface area contributed by atoms with E-state index in [0.29, 0.717) is 23.8 Å². The summed E-state index contributed by atoms with van der Waals surface area (Å²) >= 11 is 0. The summed E-state index contributed by atoms with van der Waals surface area (Å²) in [4.78, 5) is 11.1. The molecule has 2 aromatic carbocycles. The second-order valence-corrected chi connectivity index (χ2v) is 4.29. The molecule has 0 radical (unpaired) electrons. The van der Waals surface area contributed by atoms with Gasteiger partial charge < -0.3 is 14.6 Å². The Morgan fingerprint density at radius 1 is 1.30 bits per heavy atom. The van der Waals surface area contributed by atoms with Gasteiger partial charge in [0.25, 0.3) is 0 Å². The van der Waals surface area contributed by atoms with Gasteiger partial charge in [-0.1, -0.05) is 24.3 Å². The summed E-state index contributed by atoms with van der Waals surface area (Å²) in [5.41, 5.74) is -0.384. The molecule has 2 aromatic rings.